The van der Waals surface area contributed by atoms with E-state index in [1.54, 1.807) is 0 Å². The maximum Gasteiger partial charge on any atom is 0.0772 e. The van der Waals surface area contributed by atoms with Gasteiger partial charge in [0.1, 0.15) is 0 Å². The molecule has 1 aromatic rings. The predicted octanol–water partition coefficient (Wildman–Crippen LogP) is 3.33. The molecule has 17 heavy (non-hydrogen) atoms. The van der Waals surface area contributed by atoms with Crippen LogP contribution in [0.3, 0.4) is 0 Å². The molecule has 3 heteroatoms. The summed E-state index contributed by atoms with van der Waals surface area (Å²) in [4.78, 5) is 1.45. The lowest BCUT2D eigenvalue weighted by atomic mass is 9.83. The third-order valence-corrected chi connectivity index (χ3v) is 4.06. The van der Waals surface area contributed by atoms with Crippen molar-refractivity contribution in [2.45, 2.75) is 45.8 Å². The van der Waals surface area contributed by atoms with Crippen LogP contribution < -0.4 is 5.32 Å². The van der Waals surface area contributed by atoms with Crippen LogP contribution in [0.25, 0.3) is 0 Å². The quantitative estimate of drug-likeness (QED) is 0.842. The molecule has 1 aromatic heterocycles. The Kier molecular flexibility index (Phi) is 5.63. The maximum absolute atomic E-state index is 5.68. The largest absolute Gasteiger partial charge is 0.379 e. The van der Waals surface area contributed by atoms with Crippen molar-refractivity contribution in [3.05, 3.63) is 22.4 Å². The lowest BCUT2D eigenvalue weighted by molar-refractivity contribution is -0.0112. The summed E-state index contributed by atoms with van der Waals surface area (Å²) in [6.45, 7) is 6.70. The molecule has 0 aromatic carbocycles. The fraction of sp³-hybridized carbons (Fsp3) is 0.714. The number of ether oxygens (including phenoxy) is 1. The number of likely N-dealkylation sites (N-methyl/N-ethyl adjacent to an activating group) is 1. The van der Waals surface area contributed by atoms with Gasteiger partial charge in [-0.2, -0.15) is 0 Å². The molecule has 0 saturated heterocycles. The Hall–Kier alpha value is -0.380. The van der Waals surface area contributed by atoms with E-state index in [1.807, 2.05) is 25.5 Å². The maximum atomic E-state index is 5.68. The van der Waals surface area contributed by atoms with E-state index in [0.29, 0.717) is 6.04 Å². The summed E-state index contributed by atoms with van der Waals surface area (Å²) in [6, 6.07) is 4.73. The Morgan fingerprint density at radius 2 is 2.12 bits per heavy atom. The Morgan fingerprint density at radius 3 is 2.53 bits per heavy atom. The van der Waals surface area contributed by atoms with Crippen molar-refractivity contribution in [3.63, 3.8) is 0 Å². The van der Waals surface area contributed by atoms with Crippen molar-refractivity contribution in [2.24, 2.45) is 5.41 Å². The molecular weight excluding hydrogens is 230 g/mol. The summed E-state index contributed by atoms with van der Waals surface area (Å²) in [7, 11) is 3.84. The van der Waals surface area contributed by atoms with Crippen molar-refractivity contribution in [2.75, 3.05) is 14.2 Å². The van der Waals surface area contributed by atoms with E-state index in [2.05, 4.69) is 43.6 Å². The first-order valence-electron chi connectivity index (χ1n) is 6.21. The van der Waals surface area contributed by atoms with Gasteiger partial charge < -0.3 is 10.1 Å². The van der Waals surface area contributed by atoms with Gasteiger partial charge in [-0.1, -0.05) is 26.8 Å². The molecule has 0 bridgehead atoms. The number of thiophene rings is 1. The molecule has 0 spiro atoms. The summed E-state index contributed by atoms with van der Waals surface area (Å²) < 4.78 is 5.68. The van der Waals surface area contributed by atoms with Crippen LogP contribution in [0.2, 0.25) is 0 Å². The lowest BCUT2D eigenvalue weighted by Gasteiger charge is -2.36. The fourth-order valence-electron chi connectivity index (χ4n) is 2.32. The van der Waals surface area contributed by atoms with Gasteiger partial charge in [-0.3, -0.25) is 0 Å². The summed E-state index contributed by atoms with van der Waals surface area (Å²) in [5.41, 5.74) is 0.165. The fourth-order valence-corrected chi connectivity index (χ4v) is 3.05. The van der Waals surface area contributed by atoms with E-state index in [0.717, 1.165) is 12.8 Å². The van der Waals surface area contributed by atoms with E-state index in [-0.39, 0.29) is 11.5 Å². The minimum atomic E-state index is 0.165. The highest BCUT2D eigenvalue weighted by Gasteiger charge is 2.31. The normalized spacial score (nSPS) is 15.8. The van der Waals surface area contributed by atoms with Gasteiger partial charge in [0.2, 0.25) is 0 Å². The Bertz CT molecular complexity index is 303. The molecule has 1 rings (SSSR count). The lowest BCUT2D eigenvalue weighted by Crippen LogP contribution is -2.46. The van der Waals surface area contributed by atoms with Gasteiger partial charge in [-0.05, 0) is 36.8 Å². The van der Waals surface area contributed by atoms with Gasteiger partial charge in [0.15, 0.2) is 0 Å². The average Bonchev–Trinajstić information content (AvgIpc) is 2.74. The zero-order chi connectivity index (χ0) is 12.9. The minimum Gasteiger partial charge on any atom is -0.379 e. The number of methoxy groups -OCH3 is 1. The Labute approximate surface area is 109 Å². The first-order chi connectivity index (χ1) is 7.99. The summed E-state index contributed by atoms with van der Waals surface area (Å²) >= 11 is 1.83. The van der Waals surface area contributed by atoms with Crippen molar-refractivity contribution in [3.8, 4) is 0 Å². The zero-order valence-electron chi connectivity index (χ0n) is 11.6. The van der Waals surface area contributed by atoms with Crippen molar-refractivity contribution >= 4 is 11.3 Å². The third-order valence-electron chi connectivity index (χ3n) is 3.13. The summed E-state index contributed by atoms with van der Waals surface area (Å²) in [6.07, 6.45) is 2.48. The topological polar surface area (TPSA) is 21.3 Å². The van der Waals surface area contributed by atoms with E-state index in [9.17, 15) is 0 Å². The van der Waals surface area contributed by atoms with Crippen LogP contribution in [0.5, 0.6) is 0 Å². The number of nitrogens with one attached hydrogen (secondary N) is 1. The molecule has 0 aliphatic heterocycles. The Morgan fingerprint density at radius 1 is 1.41 bits per heavy atom. The molecule has 98 valence electrons. The van der Waals surface area contributed by atoms with Gasteiger partial charge in [0.25, 0.3) is 0 Å². The smallest absolute Gasteiger partial charge is 0.0772 e. The molecule has 2 atom stereocenters. The van der Waals surface area contributed by atoms with Crippen LogP contribution in [0.1, 0.15) is 32.1 Å². The van der Waals surface area contributed by atoms with E-state index < -0.39 is 0 Å². The minimum absolute atomic E-state index is 0.165. The highest BCUT2D eigenvalue weighted by molar-refractivity contribution is 7.09. The van der Waals surface area contributed by atoms with Crippen molar-refractivity contribution < 1.29 is 4.74 Å². The van der Waals surface area contributed by atoms with Crippen LogP contribution in [0.4, 0.5) is 0 Å². The molecule has 1 heterocycles. The molecule has 1 N–H and O–H groups in total. The number of hydrogen-bond acceptors (Lipinski definition) is 3. The molecular formula is C14H25NOS. The number of rotatable bonds is 6. The first kappa shape index (κ1) is 14.7. The van der Waals surface area contributed by atoms with Gasteiger partial charge in [0, 0.05) is 18.0 Å². The number of aryl methyl sites for hydroxylation is 1. The zero-order valence-corrected chi connectivity index (χ0v) is 12.4. The van der Waals surface area contributed by atoms with Crippen LogP contribution in [-0.4, -0.2) is 26.3 Å². The highest BCUT2D eigenvalue weighted by atomic mass is 32.1. The van der Waals surface area contributed by atoms with Gasteiger partial charge in [-0.25, -0.2) is 0 Å². The molecule has 0 aliphatic carbocycles. The van der Waals surface area contributed by atoms with Gasteiger partial charge in [0.05, 0.1) is 6.10 Å². The van der Waals surface area contributed by atoms with Gasteiger partial charge >= 0.3 is 0 Å². The number of hydrogen-bond donors (Lipinski definition) is 1. The highest BCUT2D eigenvalue weighted by Crippen LogP contribution is 2.26. The monoisotopic (exact) mass is 255 g/mol. The molecule has 0 fully saturated rings. The molecule has 2 unspecified atom stereocenters. The van der Waals surface area contributed by atoms with E-state index in [4.69, 9.17) is 4.74 Å². The Balaban J connectivity index is 2.57. The third kappa shape index (κ3) is 4.41. The molecule has 2 nitrogen and oxygen atoms in total. The standard InChI is InChI=1S/C14H25NOS/c1-14(2,3)13(16-5)12(15-4)9-8-11-7-6-10-17-11/h6-7,10,12-13,15H,8-9H2,1-5H3. The van der Waals surface area contributed by atoms with E-state index >= 15 is 0 Å². The molecule has 0 amide bonds. The molecule has 0 saturated carbocycles. The van der Waals surface area contributed by atoms with Gasteiger partial charge in [-0.15, -0.1) is 11.3 Å². The summed E-state index contributed by atoms with van der Waals surface area (Å²) in [5.74, 6) is 0. The van der Waals surface area contributed by atoms with Crippen LogP contribution >= 0.6 is 11.3 Å². The average molecular weight is 255 g/mol. The van der Waals surface area contributed by atoms with Crippen molar-refractivity contribution in [1.29, 1.82) is 0 Å². The second-order valence-corrected chi connectivity index (χ2v) is 6.57. The van der Waals surface area contributed by atoms with E-state index in [1.165, 1.54) is 4.88 Å². The second-order valence-electron chi connectivity index (χ2n) is 5.54. The predicted molar refractivity (Wildman–Crippen MR) is 75.7 cm³/mol. The second kappa shape index (κ2) is 6.53. The van der Waals surface area contributed by atoms with Crippen molar-refractivity contribution in [1.82, 2.24) is 5.32 Å². The van der Waals surface area contributed by atoms with Crippen LogP contribution in [0, 0.1) is 5.41 Å². The SMILES string of the molecule is CNC(CCc1cccs1)C(OC)C(C)(C)C. The van der Waals surface area contributed by atoms with Crippen LogP contribution in [-0.2, 0) is 11.2 Å². The molecule has 0 radical (unpaired) electrons. The summed E-state index contributed by atoms with van der Waals surface area (Å²) in [5, 5.41) is 5.54. The molecule has 0 aliphatic rings. The van der Waals surface area contributed by atoms with Crippen LogP contribution in [0.15, 0.2) is 17.5 Å². The first-order valence-corrected chi connectivity index (χ1v) is 7.09.